The van der Waals surface area contributed by atoms with E-state index in [4.69, 9.17) is 5.11 Å². The molecule has 1 atom stereocenters. The van der Waals surface area contributed by atoms with Crippen molar-refractivity contribution in [2.75, 3.05) is 19.6 Å². The number of carbonyl (C=O) groups excluding carboxylic acids is 1. The number of rotatable bonds is 7. The Morgan fingerprint density at radius 2 is 2.05 bits per heavy atom. The number of benzene rings is 1. The van der Waals surface area contributed by atoms with Crippen molar-refractivity contribution in [3.8, 4) is 0 Å². The summed E-state index contributed by atoms with van der Waals surface area (Å²) in [5.74, 6) is -1.21. The van der Waals surface area contributed by atoms with Crippen LogP contribution in [-0.2, 0) is 16.0 Å². The second kappa shape index (κ2) is 7.78. The fourth-order valence-corrected chi connectivity index (χ4v) is 2.82. The number of amides is 1. The third-order valence-corrected chi connectivity index (χ3v) is 3.89. The zero-order valence-electron chi connectivity index (χ0n) is 12.1. The van der Waals surface area contributed by atoms with Gasteiger partial charge in [-0.1, -0.05) is 30.3 Å². The second-order valence-electron chi connectivity index (χ2n) is 5.46. The number of likely N-dealkylation sites (tertiary alicyclic amines) is 1. The summed E-state index contributed by atoms with van der Waals surface area (Å²) < 4.78 is 0. The van der Waals surface area contributed by atoms with E-state index in [-0.39, 0.29) is 12.5 Å². The van der Waals surface area contributed by atoms with Gasteiger partial charge in [-0.15, -0.1) is 0 Å². The molecule has 1 aliphatic rings. The lowest BCUT2D eigenvalue weighted by Crippen LogP contribution is -2.41. The van der Waals surface area contributed by atoms with Crippen molar-refractivity contribution in [2.24, 2.45) is 0 Å². The summed E-state index contributed by atoms with van der Waals surface area (Å²) in [6, 6.07) is 10.8. The lowest BCUT2D eigenvalue weighted by molar-refractivity contribution is -0.138. The first-order valence-corrected chi connectivity index (χ1v) is 7.41. The molecule has 0 bridgehead atoms. The molecular weight excluding hydrogens is 268 g/mol. The van der Waals surface area contributed by atoms with Gasteiger partial charge < -0.3 is 10.4 Å². The molecule has 1 aromatic rings. The fraction of sp³-hybridized carbons (Fsp3) is 0.500. The van der Waals surface area contributed by atoms with Gasteiger partial charge in [-0.2, -0.15) is 0 Å². The largest absolute Gasteiger partial charge is 0.480 e. The zero-order chi connectivity index (χ0) is 15.1. The number of carboxylic acids is 1. The molecule has 114 valence electrons. The maximum atomic E-state index is 11.7. The van der Waals surface area contributed by atoms with E-state index in [9.17, 15) is 9.59 Å². The molecule has 5 nitrogen and oxygen atoms in total. The average Bonchev–Trinajstić information content (AvgIpc) is 2.91. The first-order chi connectivity index (χ1) is 10.1. The standard InChI is InChI=1S/C16H22N2O3/c19-15(17-11-16(20)21)12-18-10-4-7-14(18)9-8-13-5-2-1-3-6-13/h1-3,5-6,14H,4,7-12H2,(H,17,19)(H,20,21)/t14-/m1/s1. The summed E-state index contributed by atoms with van der Waals surface area (Å²) in [5, 5.41) is 11.0. The van der Waals surface area contributed by atoms with E-state index in [1.165, 1.54) is 5.56 Å². The highest BCUT2D eigenvalue weighted by atomic mass is 16.4. The molecule has 21 heavy (non-hydrogen) atoms. The number of hydrogen-bond donors (Lipinski definition) is 2. The Balaban J connectivity index is 1.77. The molecule has 5 heteroatoms. The number of aliphatic carboxylic acids is 1. The number of nitrogens with one attached hydrogen (secondary N) is 1. The molecule has 1 amide bonds. The zero-order valence-corrected chi connectivity index (χ0v) is 12.1. The van der Waals surface area contributed by atoms with Crippen molar-refractivity contribution in [1.82, 2.24) is 10.2 Å². The third kappa shape index (κ3) is 5.19. The summed E-state index contributed by atoms with van der Waals surface area (Å²) in [6.45, 7) is 0.911. The molecule has 1 aromatic carbocycles. The molecule has 0 spiro atoms. The van der Waals surface area contributed by atoms with Gasteiger partial charge in [-0.05, 0) is 37.8 Å². The lowest BCUT2D eigenvalue weighted by Gasteiger charge is -2.23. The molecule has 0 radical (unpaired) electrons. The van der Waals surface area contributed by atoms with Crippen molar-refractivity contribution in [1.29, 1.82) is 0 Å². The van der Waals surface area contributed by atoms with Gasteiger partial charge in [0.05, 0.1) is 6.54 Å². The summed E-state index contributed by atoms with van der Waals surface area (Å²) in [4.78, 5) is 24.3. The van der Waals surface area contributed by atoms with Gasteiger partial charge in [0.25, 0.3) is 0 Å². The lowest BCUT2D eigenvalue weighted by atomic mass is 10.0. The smallest absolute Gasteiger partial charge is 0.322 e. The van der Waals surface area contributed by atoms with E-state index in [0.717, 1.165) is 32.2 Å². The Bertz CT molecular complexity index is 476. The van der Waals surface area contributed by atoms with Crippen LogP contribution < -0.4 is 5.32 Å². The maximum Gasteiger partial charge on any atom is 0.322 e. The first-order valence-electron chi connectivity index (χ1n) is 7.41. The van der Waals surface area contributed by atoms with Crippen LogP contribution in [0, 0.1) is 0 Å². The van der Waals surface area contributed by atoms with Gasteiger partial charge in [0, 0.05) is 6.04 Å². The number of nitrogens with zero attached hydrogens (tertiary/aromatic N) is 1. The fourth-order valence-electron chi connectivity index (χ4n) is 2.82. The van der Waals surface area contributed by atoms with Crippen LogP contribution in [0.4, 0.5) is 0 Å². The average molecular weight is 290 g/mol. The molecule has 0 unspecified atom stereocenters. The summed E-state index contributed by atoms with van der Waals surface area (Å²) in [6.07, 6.45) is 4.26. The van der Waals surface area contributed by atoms with Crippen LogP contribution in [0.5, 0.6) is 0 Å². The number of aryl methyl sites for hydroxylation is 1. The van der Waals surface area contributed by atoms with Crippen molar-refractivity contribution in [3.05, 3.63) is 35.9 Å². The highest BCUT2D eigenvalue weighted by molar-refractivity contribution is 5.82. The molecule has 1 aliphatic heterocycles. The molecule has 1 fully saturated rings. The van der Waals surface area contributed by atoms with Crippen LogP contribution in [0.3, 0.4) is 0 Å². The SMILES string of the molecule is O=C(O)CNC(=O)CN1CCC[C@@H]1CCc1ccccc1. The quantitative estimate of drug-likeness (QED) is 0.794. The van der Waals surface area contributed by atoms with Crippen LogP contribution in [-0.4, -0.2) is 47.6 Å². The topological polar surface area (TPSA) is 69.6 Å². The van der Waals surface area contributed by atoms with E-state index >= 15 is 0 Å². The van der Waals surface area contributed by atoms with Crippen molar-refractivity contribution >= 4 is 11.9 Å². The first kappa shape index (κ1) is 15.5. The van der Waals surface area contributed by atoms with Crippen LogP contribution in [0.15, 0.2) is 30.3 Å². The van der Waals surface area contributed by atoms with E-state index in [0.29, 0.717) is 12.6 Å². The van der Waals surface area contributed by atoms with Crippen LogP contribution >= 0.6 is 0 Å². The monoisotopic (exact) mass is 290 g/mol. The van der Waals surface area contributed by atoms with Gasteiger partial charge in [0.15, 0.2) is 0 Å². The Hall–Kier alpha value is -1.88. The van der Waals surface area contributed by atoms with Crippen molar-refractivity contribution in [2.45, 2.75) is 31.7 Å². The summed E-state index contributed by atoms with van der Waals surface area (Å²) in [5.41, 5.74) is 1.32. The molecule has 0 saturated carbocycles. The Morgan fingerprint density at radius 3 is 2.76 bits per heavy atom. The minimum Gasteiger partial charge on any atom is -0.480 e. The predicted molar refractivity (Wildman–Crippen MR) is 80.0 cm³/mol. The third-order valence-electron chi connectivity index (χ3n) is 3.89. The Morgan fingerprint density at radius 1 is 1.29 bits per heavy atom. The van der Waals surface area contributed by atoms with Gasteiger partial charge in [-0.25, -0.2) is 0 Å². The van der Waals surface area contributed by atoms with Gasteiger partial charge >= 0.3 is 5.97 Å². The van der Waals surface area contributed by atoms with Gasteiger partial charge in [0.1, 0.15) is 6.54 Å². The van der Waals surface area contributed by atoms with Crippen LogP contribution in [0.25, 0.3) is 0 Å². The van der Waals surface area contributed by atoms with Crippen molar-refractivity contribution < 1.29 is 14.7 Å². The minimum atomic E-state index is -1.01. The van der Waals surface area contributed by atoms with Crippen molar-refractivity contribution in [3.63, 3.8) is 0 Å². The van der Waals surface area contributed by atoms with E-state index in [1.807, 2.05) is 18.2 Å². The molecule has 1 saturated heterocycles. The van der Waals surface area contributed by atoms with E-state index < -0.39 is 5.97 Å². The second-order valence-corrected chi connectivity index (χ2v) is 5.46. The van der Waals surface area contributed by atoms with E-state index in [2.05, 4.69) is 22.3 Å². The molecular formula is C16H22N2O3. The molecule has 2 rings (SSSR count). The molecule has 0 aliphatic carbocycles. The maximum absolute atomic E-state index is 11.7. The number of carbonyl (C=O) groups is 2. The molecule has 2 N–H and O–H groups in total. The Labute approximate surface area is 125 Å². The molecule has 1 heterocycles. The number of carboxylic acid groups (broad SMARTS) is 1. The normalized spacial score (nSPS) is 18.6. The highest BCUT2D eigenvalue weighted by Gasteiger charge is 2.25. The van der Waals surface area contributed by atoms with Crippen LogP contribution in [0.2, 0.25) is 0 Å². The number of hydrogen-bond acceptors (Lipinski definition) is 3. The highest BCUT2D eigenvalue weighted by Crippen LogP contribution is 2.21. The summed E-state index contributed by atoms with van der Waals surface area (Å²) >= 11 is 0. The predicted octanol–water partition coefficient (Wildman–Crippen LogP) is 1.28. The van der Waals surface area contributed by atoms with Crippen LogP contribution in [0.1, 0.15) is 24.8 Å². The van der Waals surface area contributed by atoms with Gasteiger partial charge in [0.2, 0.25) is 5.91 Å². The molecule has 0 aromatic heterocycles. The summed E-state index contributed by atoms with van der Waals surface area (Å²) in [7, 11) is 0. The Kier molecular flexibility index (Phi) is 5.75. The van der Waals surface area contributed by atoms with Gasteiger partial charge in [-0.3, -0.25) is 14.5 Å². The van der Waals surface area contributed by atoms with E-state index in [1.54, 1.807) is 0 Å². The minimum absolute atomic E-state index is 0.205.